The lowest BCUT2D eigenvalue weighted by Crippen LogP contribution is -2.07. The lowest BCUT2D eigenvalue weighted by Gasteiger charge is -2.08. The minimum absolute atomic E-state index is 0.645. The molecule has 2 aromatic heterocycles. The summed E-state index contributed by atoms with van der Waals surface area (Å²) in [5.41, 5.74) is 9.87. The number of hydrogen-bond acceptors (Lipinski definition) is 3. The van der Waals surface area contributed by atoms with Gasteiger partial charge in [-0.3, -0.25) is 0 Å². The van der Waals surface area contributed by atoms with E-state index in [0.717, 1.165) is 33.7 Å². The maximum atomic E-state index is 5.56. The Morgan fingerprint density at radius 1 is 1.33 bits per heavy atom. The number of halogens is 1. The third-order valence-electron chi connectivity index (χ3n) is 2.94. The van der Waals surface area contributed by atoms with Gasteiger partial charge in [-0.2, -0.15) is 5.10 Å². The van der Waals surface area contributed by atoms with Crippen LogP contribution < -0.4 is 5.73 Å². The van der Waals surface area contributed by atoms with Crippen LogP contribution >= 0.6 is 15.9 Å². The van der Waals surface area contributed by atoms with Crippen LogP contribution in [0.1, 0.15) is 22.5 Å². The molecule has 5 heteroatoms. The zero-order valence-corrected chi connectivity index (χ0v) is 12.5. The summed E-state index contributed by atoms with van der Waals surface area (Å²) in [4.78, 5) is 4.51. The summed E-state index contributed by atoms with van der Waals surface area (Å²) in [6, 6.07) is 2.12. The van der Waals surface area contributed by atoms with Gasteiger partial charge in [-0.05, 0) is 60.8 Å². The Balaban J connectivity index is 2.48. The molecule has 4 nitrogen and oxygen atoms in total. The first kappa shape index (κ1) is 13.2. The zero-order chi connectivity index (χ0) is 13.3. The van der Waals surface area contributed by atoms with Crippen molar-refractivity contribution in [2.75, 3.05) is 6.54 Å². The van der Waals surface area contributed by atoms with Gasteiger partial charge in [0.2, 0.25) is 0 Å². The molecule has 18 heavy (non-hydrogen) atoms. The van der Waals surface area contributed by atoms with Crippen molar-refractivity contribution in [3.63, 3.8) is 0 Å². The van der Waals surface area contributed by atoms with Crippen LogP contribution in [0, 0.1) is 20.8 Å². The van der Waals surface area contributed by atoms with E-state index in [1.165, 1.54) is 5.56 Å². The van der Waals surface area contributed by atoms with Gasteiger partial charge in [-0.25, -0.2) is 9.67 Å². The molecule has 0 aliphatic rings. The minimum atomic E-state index is 0.645. The molecule has 0 aliphatic heterocycles. The van der Waals surface area contributed by atoms with Crippen LogP contribution in [-0.2, 0) is 6.42 Å². The molecular formula is C13H17BrN4. The molecule has 0 saturated heterocycles. The number of rotatable bonds is 3. The Bertz CT molecular complexity index is 575. The molecule has 0 spiro atoms. The molecule has 2 N–H and O–H groups in total. The maximum Gasteiger partial charge on any atom is 0.156 e. The highest BCUT2D eigenvalue weighted by molar-refractivity contribution is 9.10. The van der Waals surface area contributed by atoms with Gasteiger partial charge in [0.25, 0.3) is 0 Å². The summed E-state index contributed by atoms with van der Waals surface area (Å²) in [7, 11) is 0. The topological polar surface area (TPSA) is 56.7 Å². The van der Waals surface area contributed by atoms with E-state index in [-0.39, 0.29) is 0 Å². The van der Waals surface area contributed by atoms with Crippen molar-refractivity contribution in [3.05, 3.63) is 39.3 Å². The summed E-state index contributed by atoms with van der Waals surface area (Å²) >= 11 is 3.53. The lowest BCUT2D eigenvalue weighted by atomic mass is 10.1. The average Bonchev–Trinajstić information content (AvgIpc) is 2.58. The van der Waals surface area contributed by atoms with Crippen LogP contribution in [0.3, 0.4) is 0 Å². The highest BCUT2D eigenvalue weighted by Gasteiger charge is 2.13. The van der Waals surface area contributed by atoms with Crippen molar-refractivity contribution in [2.24, 2.45) is 5.73 Å². The Kier molecular flexibility index (Phi) is 3.82. The fourth-order valence-electron chi connectivity index (χ4n) is 1.98. The van der Waals surface area contributed by atoms with E-state index in [9.17, 15) is 0 Å². The summed E-state index contributed by atoms with van der Waals surface area (Å²) in [5, 5.41) is 4.50. The molecule has 96 valence electrons. The monoisotopic (exact) mass is 308 g/mol. The van der Waals surface area contributed by atoms with E-state index < -0.39 is 0 Å². The second kappa shape index (κ2) is 5.20. The van der Waals surface area contributed by atoms with Crippen molar-refractivity contribution < 1.29 is 0 Å². The molecule has 0 saturated carbocycles. The molecule has 0 unspecified atom stereocenters. The Morgan fingerprint density at radius 3 is 2.56 bits per heavy atom. The molecule has 0 fully saturated rings. The first-order valence-corrected chi connectivity index (χ1v) is 6.71. The largest absolute Gasteiger partial charge is 0.330 e. The number of nitrogens with zero attached hydrogens (tertiary/aromatic N) is 3. The van der Waals surface area contributed by atoms with Crippen molar-refractivity contribution in [1.82, 2.24) is 14.8 Å². The van der Waals surface area contributed by atoms with Gasteiger partial charge in [0.05, 0.1) is 15.9 Å². The lowest BCUT2D eigenvalue weighted by molar-refractivity contribution is 0.794. The maximum absolute atomic E-state index is 5.56. The molecule has 2 aromatic rings. The van der Waals surface area contributed by atoms with Crippen LogP contribution in [0.15, 0.2) is 16.7 Å². The van der Waals surface area contributed by atoms with E-state index in [1.54, 1.807) is 0 Å². The molecule has 0 radical (unpaired) electrons. The second-order valence-electron chi connectivity index (χ2n) is 4.42. The third-order valence-corrected chi connectivity index (χ3v) is 4.09. The van der Waals surface area contributed by atoms with Crippen molar-refractivity contribution in [3.8, 4) is 5.82 Å². The first-order chi connectivity index (χ1) is 8.54. The van der Waals surface area contributed by atoms with Gasteiger partial charge < -0.3 is 5.73 Å². The van der Waals surface area contributed by atoms with E-state index in [0.29, 0.717) is 6.54 Å². The predicted molar refractivity (Wildman–Crippen MR) is 76.0 cm³/mol. The summed E-state index contributed by atoms with van der Waals surface area (Å²) < 4.78 is 2.91. The van der Waals surface area contributed by atoms with E-state index in [1.807, 2.05) is 31.6 Å². The summed E-state index contributed by atoms with van der Waals surface area (Å²) in [6.07, 6.45) is 2.73. The van der Waals surface area contributed by atoms with E-state index in [2.05, 4.69) is 32.1 Å². The van der Waals surface area contributed by atoms with Gasteiger partial charge in [0.15, 0.2) is 5.82 Å². The Labute approximate surface area is 115 Å². The molecular weight excluding hydrogens is 292 g/mol. The van der Waals surface area contributed by atoms with Gasteiger partial charge in [-0.15, -0.1) is 0 Å². The summed E-state index contributed by atoms with van der Waals surface area (Å²) in [6.45, 7) is 6.70. The zero-order valence-electron chi connectivity index (χ0n) is 10.9. The number of hydrogen-bond donors (Lipinski definition) is 1. The molecule has 2 rings (SSSR count). The standard InChI is InChI=1S/C13H17BrN4/c1-8-6-11(4-5-15)7-16-13(8)18-10(3)12(14)9(2)17-18/h6-7H,4-5,15H2,1-3H3. The first-order valence-electron chi connectivity index (χ1n) is 5.92. The molecule has 2 heterocycles. The average molecular weight is 309 g/mol. The van der Waals surface area contributed by atoms with E-state index >= 15 is 0 Å². The smallest absolute Gasteiger partial charge is 0.156 e. The Hall–Kier alpha value is -1.20. The molecule has 0 amide bonds. The molecule has 0 bridgehead atoms. The van der Waals surface area contributed by atoms with E-state index in [4.69, 9.17) is 5.73 Å². The molecule has 0 atom stereocenters. The van der Waals surface area contributed by atoms with Crippen LogP contribution in [0.2, 0.25) is 0 Å². The number of nitrogens with two attached hydrogens (primary N) is 1. The fraction of sp³-hybridized carbons (Fsp3) is 0.385. The van der Waals surface area contributed by atoms with Gasteiger partial charge >= 0.3 is 0 Å². The highest BCUT2D eigenvalue weighted by Crippen LogP contribution is 2.23. The van der Waals surface area contributed by atoms with Gasteiger partial charge in [-0.1, -0.05) is 6.07 Å². The minimum Gasteiger partial charge on any atom is -0.330 e. The van der Waals surface area contributed by atoms with Crippen LogP contribution in [0.25, 0.3) is 5.82 Å². The van der Waals surface area contributed by atoms with Gasteiger partial charge in [0.1, 0.15) is 0 Å². The molecule has 0 aliphatic carbocycles. The number of aryl methyl sites for hydroxylation is 2. The molecule has 0 aromatic carbocycles. The van der Waals surface area contributed by atoms with Crippen LogP contribution in [0.5, 0.6) is 0 Å². The summed E-state index contributed by atoms with van der Waals surface area (Å²) in [5.74, 6) is 0.877. The SMILES string of the molecule is Cc1cc(CCN)cnc1-n1nc(C)c(Br)c1C. The van der Waals surface area contributed by atoms with Crippen molar-refractivity contribution in [2.45, 2.75) is 27.2 Å². The number of aromatic nitrogens is 3. The normalized spacial score (nSPS) is 10.9. The predicted octanol–water partition coefficient (Wildman–Crippen LogP) is 2.46. The quantitative estimate of drug-likeness (QED) is 0.947. The third kappa shape index (κ3) is 2.33. The Morgan fingerprint density at radius 2 is 2.06 bits per heavy atom. The second-order valence-corrected chi connectivity index (χ2v) is 5.21. The van der Waals surface area contributed by atoms with Crippen LogP contribution in [-0.4, -0.2) is 21.3 Å². The van der Waals surface area contributed by atoms with Gasteiger partial charge in [0, 0.05) is 6.20 Å². The van der Waals surface area contributed by atoms with Crippen molar-refractivity contribution >= 4 is 15.9 Å². The highest BCUT2D eigenvalue weighted by atomic mass is 79.9. The fourth-order valence-corrected chi connectivity index (χ4v) is 2.23. The van der Waals surface area contributed by atoms with Crippen LogP contribution in [0.4, 0.5) is 0 Å². The number of pyridine rings is 1. The van der Waals surface area contributed by atoms with Crippen molar-refractivity contribution in [1.29, 1.82) is 0 Å².